The number of aliphatic hydroxyl groups is 1. The van der Waals surface area contributed by atoms with Crippen LogP contribution in [0.2, 0.25) is 0 Å². The number of nitrogens with zero attached hydrogens (tertiary/aromatic N) is 4. The summed E-state index contributed by atoms with van der Waals surface area (Å²) in [6.07, 6.45) is 1.14. The molecular formula is C56H67N5O12S2. The molecule has 17 nitrogen and oxygen atoms in total. The number of rotatable bonds is 25. The number of sulfone groups is 1. The summed E-state index contributed by atoms with van der Waals surface area (Å²) >= 11 is 1.57. The monoisotopic (exact) mass is 1070 g/mol. The maximum atomic E-state index is 14.0. The van der Waals surface area contributed by atoms with Crippen molar-refractivity contribution in [2.75, 3.05) is 39.6 Å². The first-order valence-electron chi connectivity index (χ1n) is 25.1. The Morgan fingerprint density at radius 3 is 2.29 bits per heavy atom. The van der Waals surface area contributed by atoms with Crippen molar-refractivity contribution in [3.05, 3.63) is 123 Å². The van der Waals surface area contributed by atoms with Crippen LogP contribution in [0, 0.1) is 12.3 Å². The first kappa shape index (κ1) is 56.2. The fraction of sp³-hybridized carbons (Fsp3) is 0.429. The summed E-state index contributed by atoms with van der Waals surface area (Å²) in [5.74, 6) is -0.621. The number of Topliss-reactive ketones (excluding diaryl/α,β-unsaturated/α-hetero) is 2. The molecule has 0 bridgehead atoms. The van der Waals surface area contributed by atoms with E-state index in [9.17, 15) is 37.5 Å². The summed E-state index contributed by atoms with van der Waals surface area (Å²) in [6, 6.07) is 22.4. The van der Waals surface area contributed by atoms with Gasteiger partial charge in [0, 0.05) is 69.8 Å². The Bertz CT molecular complexity index is 3170. The molecule has 400 valence electrons. The van der Waals surface area contributed by atoms with E-state index in [0.717, 1.165) is 28.1 Å². The van der Waals surface area contributed by atoms with Crippen LogP contribution in [-0.2, 0) is 60.0 Å². The summed E-state index contributed by atoms with van der Waals surface area (Å²) in [4.78, 5) is 73.7. The lowest BCUT2D eigenvalue weighted by Gasteiger charge is -2.35. The lowest BCUT2D eigenvalue weighted by Crippen LogP contribution is -2.57. The van der Waals surface area contributed by atoms with Crippen molar-refractivity contribution in [2.24, 2.45) is 19.5 Å². The van der Waals surface area contributed by atoms with Gasteiger partial charge in [-0.05, 0) is 73.1 Å². The van der Waals surface area contributed by atoms with Crippen LogP contribution in [0.4, 0.5) is 0 Å². The zero-order chi connectivity index (χ0) is 54.0. The summed E-state index contributed by atoms with van der Waals surface area (Å²) < 4.78 is 54.2. The highest BCUT2D eigenvalue weighted by Crippen LogP contribution is 2.35. The normalized spacial score (nSPS) is 15.3. The summed E-state index contributed by atoms with van der Waals surface area (Å²) in [5, 5.41) is 13.4. The van der Waals surface area contributed by atoms with E-state index in [1.54, 1.807) is 67.9 Å². The van der Waals surface area contributed by atoms with Gasteiger partial charge >= 0.3 is 5.69 Å². The highest BCUT2D eigenvalue weighted by Gasteiger charge is 2.44. The van der Waals surface area contributed by atoms with Gasteiger partial charge in [-0.25, -0.2) is 18.2 Å². The highest BCUT2D eigenvalue weighted by atomic mass is 32.2. The van der Waals surface area contributed by atoms with Crippen molar-refractivity contribution >= 4 is 55.6 Å². The highest BCUT2D eigenvalue weighted by molar-refractivity contribution is 7.90. The predicted molar refractivity (Wildman–Crippen MR) is 286 cm³/mol. The fourth-order valence-electron chi connectivity index (χ4n) is 8.98. The Balaban J connectivity index is 0.860. The third-order valence-corrected chi connectivity index (χ3v) is 15.7. The number of fused-ring (bicyclic) bond motifs is 1. The fourth-order valence-corrected chi connectivity index (χ4v) is 11.2. The second-order valence-corrected chi connectivity index (χ2v) is 22.8. The van der Waals surface area contributed by atoms with E-state index in [1.165, 1.54) is 32.2 Å². The van der Waals surface area contributed by atoms with E-state index in [4.69, 9.17) is 18.9 Å². The number of nitrogens with one attached hydrogen (secondary N) is 1. The van der Waals surface area contributed by atoms with E-state index < -0.39 is 51.0 Å². The summed E-state index contributed by atoms with van der Waals surface area (Å²) in [6.45, 7) is 9.91. The summed E-state index contributed by atoms with van der Waals surface area (Å²) in [7, 11) is -0.796. The molecule has 7 rings (SSSR count). The lowest BCUT2D eigenvalue weighted by atomic mass is 9.85. The van der Waals surface area contributed by atoms with Crippen LogP contribution >= 0.6 is 11.3 Å². The second-order valence-electron chi connectivity index (χ2n) is 19.9. The van der Waals surface area contributed by atoms with Gasteiger partial charge in [-0.15, -0.1) is 11.3 Å². The standard InChI is InChI=1S/C56H67N5O12S2/c1-8-23-72-42-13-10-14-43(30-42)73-50-31-46-45(59(6)55(67)60(46)7)28-40(50)34-75(68,69)44-15-9-12-39(27-44)48(63)16-11-24-70-25-26-71-33-51(65)58-53(56(3,4)5)54(66)61-32-41(62)29-47(61)49(64)22-19-37-17-20-38(21-18-37)52-36(2)57-35-74-52/h9-10,12-15,17-18,20-21,27-28,30-31,35,41,47,53,62H,8,11,16,19,22-26,29,32-34H2,1-7H3,(H,58,65)/t41-,47?,53-/m1/s1. The number of amides is 2. The van der Waals surface area contributed by atoms with Gasteiger partial charge in [0.2, 0.25) is 11.8 Å². The van der Waals surface area contributed by atoms with Gasteiger partial charge in [-0.3, -0.25) is 28.3 Å². The SMILES string of the molecule is CCCOc1cccc(Oc2cc3c(cc2CS(=O)(=O)c2cccc(C(=O)CCCOCCOCC(=O)N[C@H](C(=O)N4C[C@H](O)CC4C(=O)CCc4ccc(-c5scnc5C)cc4)C(C)(C)C)c2)n(C)c(=O)n3C)c1. The summed E-state index contributed by atoms with van der Waals surface area (Å²) in [5.41, 5.74) is 5.42. The molecule has 0 aliphatic carbocycles. The number of aryl methyl sites for hydroxylation is 4. The molecule has 1 unspecified atom stereocenters. The molecule has 0 radical (unpaired) electrons. The number of imidazole rings is 1. The molecule has 1 aliphatic rings. The number of aliphatic hydroxyl groups excluding tert-OH is 1. The molecule has 75 heavy (non-hydrogen) atoms. The van der Waals surface area contributed by atoms with Gasteiger partial charge < -0.3 is 34.3 Å². The number of carbonyl (C=O) groups is 4. The minimum atomic E-state index is -4.04. The number of β-amino-alcohol motifs (C(OH)–C–C–N with tert-alkyl or cyclic N) is 1. The molecule has 2 amide bonds. The van der Waals surface area contributed by atoms with Crippen molar-refractivity contribution in [2.45, 2.75) is 102 Å². The Morgan fingerprint density at radius 2 is 1.59 bits per heavy atom. The molecule has 4 aromatic carbocycles. The van der Waals surface area contributed by atoms with Crippen LogP contribution in [-0.4, -0.2) is 114 Å². The molecule has 3 heterocycles. The van der Waals surface area contributed by atoms with E-state index in [1.807, 2.05) is 64.4 Å². The molecule has 19 heteroatoms. The van der Waals surface area contributed by atoms with Gasteiger partial charge in [0.1, 0.15) is 29.9 Å². The van der Waals surface area contributed by atoms with Gasteiger partial charge in [0.15, 0.2) is 21.4 Å². The number of ketones is 2. The lowest BCUT2D eigenvalue weighted by molar-refractivity contribution is -0.144. The maximum absolute atomic E-state index is 14.0. The Labute approximate surface area is 441 Å². The molecule has 2 aromatic heterocycles. The number of hydrogen-bond donors (Lipinski definition) is 2. The van der Waals surface area contributed by atoms with Crippen LogP contribution in [0.1, 0.15) is 87.0 Å². The number of carbonyl (C=O) groups excluding carboxylic acids is 4. The molecule has 1 saturated heterocycles. The largest absolute Gasteiger partial charge is 0.493 e. The molecule has 1 fully saturated rings. The topological polar surface area (TPSA) is 215 Å². The third-order valence-electron chi connectivity index (χ3n) is 13.1. The molecule has 3 atom stereocenters. The molecule has 1 aliphatic heterocycles. The molecular weight excluding hydrogens is 999 g/mol. The molecule has 0 saturated carbocycles. The number of hydrogen-bond acceptors (Lipinski definition) is 14. The Hall–Kier alpha value is -6.51. The minimum Gasteiger partial charge on any atom is -0.493 e. The van der Waals surface area contributed by atoms with Gasteiger partial charge in [0.05, 0.1) is 69.7 Å². The first-order valence-corrected chi connectivity index (χ1v) is 27.7. The minimum absolute atomic E-state index is 0.0173. The number of benzene rings is 4. The quantitative estimate of drug-likeness (QED) is 0.0419. The van der Waals surface area contributed by atoms with Crippen molar-refractivity contribution in [3.63, 3.8) is 0 Å². The third kappa shape index (κ3) is 14.3. The van der Waals surface area contributed by atoms with Crippen molar-refractivity contribution in [1.82, 2.24) is 24.3 Å². The van der Waals surface area contributed by atoms with Crippen molar-refractivity contribution in [3.8, 4) is 27.7 Å². The van der Waals surface area contributed by atoms with E-state index in [2.05, 4.69) is 10.3 Å². The van der Waals surface area contributed by atoms with Gasteiger partial charge in [0.25, 0.3) is 0 Å². The number of thiazole rings is 1. The zero-order valence-corrected chi connectivity index (χ0v) is 45.3. The van der Waals surface area contributed by atoms with Crippen LogP contribution < -0.4 is 20.5 Å². The number of aromatic nitrogens is 3. The molecule has 0 spiro atoms. The van der Waals surface area contributed by atoms with Gasteiger partial charge in [-0.1, -0.05) is 70.2 Å². The smallest absolute Gasteiger partial charge is 0.328 e. The van der Waals surface area contributed by atoms with Crippen LogP contribution in [0.5, 0.6) is 17.2 Å². The second kappa shape index (κ2) is 24.9. The average Bonchev–Trinajstić information content (AvgIpc) is 4.06. The molecule has 2 N–H and O–H groups in total. The van der Waals surface area contributed by atoms with Gasteiger partial charge in [-0.2, -0.15) is 0 Å². The van der Waals surface area contributed by atoms with Crippen LogP contribution in [0.15, 0.2) is 100 Å². The molecule has 6 aromatic rings. The predicted octanol–water partition coefficient (Wildman–Crippen LogP) is 7.55. The van der Waals surface area contributed by atoms with Crippen LogP contribution in [0.3, 0.4) is 0 Å². The van der Waals surface area contributed by atoms with E-state index in [-0.39, 0.29) is 85.7 Å². The first-order chi connectivity index (χ1) is 35.7. The Kier molecular flexibility index (Phi) is 18.7. The maximum Gasteiger partial charge on any atom is 0.328 e. The van der Waals surface area contributed by atoms with Crippen LogP contribution in [0.25, 0.3) is 21.5 Å². The van der Waals surface area contributed by atoms with E-state index >= 15 is 0 Å². The number of likely N-dealkylation sites (tertiary alicyclic amines) is 1. The Morgan fingerprint density at radius 1 is 0.880 bits per heavy atom. The van der Waals surface area contributed by atoms with Crippen molar-refractivity contribution in [1.29, 1.82) is 0 Å². The van der Waals surface area contributed by atoms with Crippen molar-refractivity contribution < 1.29 is 51.6 Å². The van der Waals surface area contributed by atoms with E-state index in [0.29, 0.717) is 47.5 Å². The number of ether oxygens (including phenoxy) is 4. The zero-order valence-electron chi connectivity index (χ0n) is 43.6. The average molecular weight is 1070 g/mol.